The second kappa shape index (κ2) is 10.7. The number of ether oxygens (including phenoxy) is 1. The molecule has 1 N–H and O–H groups in total. The standard InChI is InChI=1S/C31H30N4O3/c1-21-7-10-26(18-22(21)2)34-17-5-6-27(34)19-32-33-31(36)30-16-15-29(38-30)20-37-28-13-11-25(12-14-28)35-23(3)8-9-24(35)4/h5-19H,20H2,1-4H3,(H,33,36)/b32-19+. The van der Waals surface area contributed by atoms with Crippen molar-refractivity contribution < 1.29 is 13.9 Å². The van der Waals surface area contributed by atoms with Crippen molar-refractivity contribution in [3.05, 3.63) is 125 Å². The number of nitrogens with one attached hydrogen (secondary N) is 1. The summed E-state index contributed by atoms with van der Waals surface area (Å²) in [5.74, 6) is 0.997. The van der Waals surface area contributed by atoms with Gasteiger partial charge in [-0.15, -0.1) is 0 Å². The Morgan fingerprint density at radius 1 is 0.895 bits per heavy atom. The predicted octanol–water partition coefficient (Wildman–Crippen LogP) is 6.44. The summed E-state index contributed by atoms with van der Waals surface area (Å²) in [6, 6.07) is 25.6. The van der Waals surface area contributed by atoms with Crippen LogP contribution in [0.5, 0.6) is 5.75 Å². The number of aryl methyl sites for hydroxylation is 4. The molecule has 3 aromatic heterocycles. The molecule has 38 heavy (non-hydrogen) atoms. The van der Waals surface area contributed by atoms with Gasteiger partial charge in [-0.1, -0.05) is 6.07 Å². The number of carbonyl (C=O) groups is 1. The minimum Gasteiger partial charge on any atom is -0.486 e. The van der Waals surface area contributed by atoms with E-state index in [1.165, 1.54) is 22.5 Å². The fourth-order valence-corrected chi connectivity index (χ4v) is 4.32. The van der Waals surface area contributed by atoms with E-state index >= 15 is 0 Å². The van der Waals surface area contributed by atoms with E-state index in [1.807, 2.05) is 47.2 Å². The summed E-state index contributed by atoms with van der Waals surface area (Å²) in [7, 11) is 0. The van der Waals surface area contributed by atoms with Gasteiger partial charge in [0.05, 0.1) is 11.9 Å². The van der Waals surface area contributed by atoms with Crippen LogP contribution >= 0.6 is 0 Å². The molecule has 7 heteroatoms. The fourth-order valence-electron chi connectivity index (χ4n) is 4.32. The van der Waals surface area contributed by atoms with Gasteiger partial charge in [-0.05, 0) is 112 Å². The van der Waals surface area contributed by atoms with Crippen molar-refractivity contribution >= 4 is 12.1 Å². The Kier molecular flexibility index (Phi) is 7.00. The Morgan fingerprint density at radius 2 is 1.63 bits per heavy atom. The summed E-state index contributed by atoms with van der Waals surface area (Å²) in [4.78, 5) is 12.5. The average molecular weight is 507 g/mol. The molecule has 0 saturated carbocycles. The van der Waals surface area contributed by atoms with Gasteiger partial charge in [-0.2, -0.15) is 5.10 Å². The molecule has 7 nitrogen and oxygen atoms in total. The fraction of sp³-hybridized carbons (Fsp3) is 0.161. The molecule has 0 aliphatic rings. The highest BCUT2D eigenvalue weighted by Gasteiger charge is 2.12. The van der Waals surface area contributed by atoms with Gasteiger partial charge in [0.15, 0.2) is 5.76 Å². The molecule has 5 aromatic rings. The molecule has 3 heterocycles. The Labute approximate surface area is 222 Å². The maximum atomic E-state index is 12.5. The highest BCUT2D eigenvalue weighted by Crippen LogP contribution is 2.21. The van der Waals surface area contributed by atoms with Crippen LogP contribution in [0, 0.1) is 27.7 Å². The van der Waals surface area contributed by atoms with Crippen LogP contribution in [-0.2, 0) is 6.61 Å². The van der Waals surface area contributed by atoms with Crippen LogP contribution in [-0.4, -0.2) is 21.3 Å². The molecule has 5 rings (SSSR count). The predicted molar refractivity (Wildman–Crippen MR) is 149 cm³/mol. The quantitative estimate of drug-likeness (QED) is 0.194. The van der Waals surface area contributed by atoms with Crippen LogP contribution in [0.2, 0.25) is 0 Å². The van der Waals surface area contributed by atoms with Crippen LogP contribution in [0.3, 0.4) is 0 Å². The largest absolute Gasteiger partial charge is 0.486 e. The normalized spacial score (nSPS) is 11.3. The van der Waals surface area contributed by atoms with E-state index in [0.29, 0.717) is 5.76 Å². The van der Waals surface area contributed by atoms with E-state index in [1.54, 1.807) is 18.3 Å². The SMILES string of the molecule is Cc1ccc(-n2cccc2/C=N/NC(=O)c2ccc(COc3ccc(-n4c(C)ccc4C)cc3)o2)cc1C. The third kappa shape index (κ3) is 5.32. The van der Waals surface area contributed by atoms with E-state index in [9.17, 15) is 4.79 Å². The van der Waals surface area contributed by atoms with E-state index in [2.05, 4.69) is 73.1 Å². The number of furan rings is 1. The number of amides is 1. The van der Waals surface area contributed by atoms with E-state index in [-0.39, 0.29) is 12.4 Å². The smallest absolute Gasteiger partial charge is 0.307 e. The van der Waals surface area contributed by atoms with E-state index in [4.69, 9.17) is 9.15 Å². The second-order valence-corrected chi connectivity index (χ2v) is 9.27. The molecule has 0 spiro atoms. The van der Waals surface area contributed by atoms with Crippen molar-refractivity contribution in [3.63, 3.8) is 0 Å². The summed E-state index contributed by atoms with van der Waals surface area (Å²) in [6.07, 6.45) is 3.57. The first kappa shape index (κ1) is 24.9. The van der Waals surface area contributed by atoms with Crippen LogP contribution in [0.15, 0.2) is 94.6 Å². The molecular weight excluding hydrogens is 476 g/mol. The third-order valence-corrected chi connectivity index (χ3v) is 6.54. The first-order valence-corrected chi connectivity index (χ1v) is 12.4. The number of hydrogen-bond donors (Lipinski definition) is 1. The van der Waals surface area contributed by atoms with Crippen LogP contribution < -0.4 is 10.2 Å². The lowest BCUT2D eigenvalue weighted by atomic mass is 10.1. The zero-order valence-corrected chi connectivity index (χ0v) is 21.9. The van der Waals surface area contributed by atoms with E-state index in [0.717, 1.165) is 22.8 Å². The molecular formula is C31H30N4O3. The summed E-state index contributed by atoms with van der Waals surface area (Å²) < 4.78 is 15.7. The Hall–Kier alpha value is -4.78. The van der Waals surface area contributed by atoms with Gasteiger partial charge in [-0.25, -0.2) is 5.43 Å². The van der Waals surface area contributed by atoms with Gasteiger partial charge < -0.3 is 18.3 Å². The van der Waals surface area contributed by atoms with Crippen LogP contribution in [0.4, 0.5) is 0 Å². The van der Waals surface area contributed by atoms with Crippen LogP contribution in [0.1, 0.15) is 44.5 Å². The second-order valence-electron chi connectivity index (χ2n) is 9.27. The summed E-state index contributed by atoms with van der Waals surface area (Å²) in [5, 5.41) is 4.12. The molecule has 2 aromatic carbocycles. The first-order valence-electron chi connectivity index (χ1n) is 12.4. The molecule has 0 aliphatic heterocycles. The topological polar surface area (TPSA) is 73.7 Å². The summed E-state index contributed by atoms with van der Waals surface area (Å²) in [5.41, 5.74) is 10.3. The van der Waals surface area contributed by atoms with Gasteiger partial charge >= 0.3 is 5.91 Å². The molecule has 0 fully saturated rings. The lowest BCUT2D eigenvalue weighted by Gasteiger charge is -2.10. The molecule has 0 unspecified atom stereocenters. The molecule has 1 amide bonds. The van der Waals surface area contributed by atoms with Crippen molar-refractivity contribution in [1.82, 2.24) is 14.6 Å². The number of aromatic nitrogens is 2. The van der Waals surface area contributed by atoms with Crippen molar-refractivity contribution in [2.45, 2.75) is 34.3 Å². The first-order chi connectivity index (χ1) is 18.4. The van der Waals surface area contributed by atoms with Crippen molar-refractivity contribution in [2.75, 3.05) is 0 Å². The van der Waals surface area contributed by atoms with Crippen molar-refractivity contribution in [2.24, 2.45) is 5.10 Å². The Balaban J connectivity index is 1.17. The molecule has 0 atom stereocenters. The number of carbonyl (C=O) groups excluding carboxylic acids is 1. The Morgan fingerprint density at radius 3 is 2.37 bits per heavy atom. The third-order valence-electron chi connectivity index (χ3n) is 6.54. The van der Waals surface area contributed by atoms with Gasteiger partial charge in [0.25, 0.3) is 0 Å². The monoisotopic (exact) mass is 506 g/mol. The number of rotatable bonds is 8. The molecule has 0 radical (unpaired) electrons. The molecule has 0 bridgehead atoms. The zero-order valence-electron chi connectivity index (χ0n) is 21.9. The van der Waals surface area contributed by atoms with Gasteiger partial charge in [0.1, 0.15) is 18.1 Å². The Bertz CT molecular complexity index is 1580. The minimum atomic E-state index is -0.432. The summed E-state index contributed by atoms with van der Waals surface area (Å²) >= 11 is 0. The molecule has 0 aliphatic carbocycles. The zero-order chi connectivity index (χ0) is 26.6. The number of hydrazone groups is 1. The minimum absolute atomic E-state index is 0.166. The summed E-state index contributed by atoms with van der Waals surface area (Å²) in [6.45, 7) is 8.54. The highest BCUT2D eigenvalue weighted by molar-refractivity contribution is 5.92. The van der Waals surface area contributed by atoms with Crippen molar-refractivity contribution in [3.8, 4) is 17.1 Å². The highest BCUT2D eigenvalue weighted by atomic mass is 16.5. The number of hydrogen-bond acceptors (Lipinski definition) is 4. The van der Waals surface area contributed by atoms with Gasteiger partial charge in [0, 0.05) is 29.0 Å². The van der Waals surface area contributed by atoms with Crippen molar-refractivity contribution in [1.29, 1.82) is 0 Å². The number of nitrogens with zero attached hydrogens (tertiary/aromatic N) is 3. The van der Waals surface area contributed by atoms with Gasteiger partial charge in [0.2, 0.25) is 0 Å². The lowest BCUT2D eigenvalue weighted by Crippen LogP contribution is -2.17. The van der Waals surface area contributed by atoms with Crippen LogP contribution in [0.25, 0.3) is 11.4 Å². The molecule has 0 saturated heterocycles. The maximum absolute atomic E-state index is 12.5. The lowest BCUT2D eigenvalue weighted by molar-refractivity contribution is 0.0923. The number of benzene rings is 2. The maximum Gasteiger partial charge on any atom is 0.307 e. The van der Waals surface area contributed by atoms with Gasteiger partial charge in [-0.3, -0.25) is 4.79 Å². The molecule has 192 valence electrons. The average Bonchev–Trinajstić information content (AvgIpc) is 3.65. The van der Waals surface area contributed by atoms with E-state index < -0.39 is 5.91 Å².